The summed E-state index contributed by atoms with van der Waals surface area (Å²) in [5.41, 5.74) is -0.838. The predicted molar refractivity (Wildman–Crippen MR) is 125 cm³/mol. The average molecular weight is 501 g/mol. The van der Waals surface area contributed by atoms with Crippen LogP contribution in [0.15, 0.2) is 48.6 Å². The van der Waals surface area contributed by atoms with Crippen molar-refractivity contribution < 1.29 is 42.8 Å². The SMILES string of the molecule is CC(C)OC(=O)CCC/C=C/C[C@@H]1[C@@H](C=C[C@@H](O)COc2cccc(C(F)(F)F)c2)[C@H](O)C[C@@H]1O. The number of hydrogen-bond acceptors (Lipinski definition) is 6. The maximum atomic E-state index is 12.8. The molecule has 0 radical (unpaired) electrons. The maximum absolute atomic E-state index is 12.8. The Bertz CT molecular complexity index is 852. The number of aliphatic hydroxyl groups is 3. The number of esters is 1. The summed E-state index contributed by atoms with van der Waals surface area (Å²) < 4.78 is 48.8. The van der Waals surface area contributed by atoms with Crippen molar-refractivity contribution in [3.05, 3.63) is 54.1 Å². The molecular weight excluding hydrogens is 465 g/mol. The van der Waals surface area contributed by atoms with E-state index < -0.39 is 30.1 Å². The molecule has 3 N–H and O–H groups in total. The summed E-state index contributed by atoms with van der Waals surface area (Å²) in [5.74, 6) is -0.883. The molecule has 0 aliphatic heterocycles. The molecule has 2 rings (SSSR count). The molecule has 196 valence electrons. The van der Waals surface area contributed by atoms with Crippen LogP contribution >= 0.6 is 0 Å². The number of halogens is 3. The predicted octanol–water partition coefficient (Wildman–Crippen LogP) is 4.43. The summed E-state index contributed by atoms with van der Waals surface area (Å²) in [6.07, 6.45) is 2.09. The van der Waals surface area contributed by atoms with Crippen LogP contribution < -0.4 is 4.74 Å². The molecule has 0 spiro atoms. The van der Waals surface area contributed by atoms with Gasteiger partial charge in [-0.3, -0.25) is 4.79 Å². The Morgan fingerprint density at radius 3 is 2.63 bits per heavy atom. The molecule has 1 aliphatic rings. The molecule has 9 heteroatoms. The molecule has 35 heavy (non-hydrogen) atoms. The van der Waals surface area contributed by atoms with E-state index in [0.29, 0.717) is 25.7 Å². The van der Waals surface area contributed by atoms with E-state index in [4.69, 9.17) is 9.47 Å². The van der Waals surface area contributed by atoms with E-state index in [2.05, 4.69) is 0 Å². The van der Waals surface area contributed by atoms with Gasteiger partial charge in [0.15, 0.2) is 0 Å². The number of ether oxygens (including phenoxy) is 2. The first-order chi connectivity index (χ1) is 16.5. The van der Waals surface area contributed by atoms with Crippen LogP contribution in [0, 0.1) is 11.8 Å². The van der Waals surface area contributed by atoms with Gasteiger partial charge in [0.2, 0.25) is 0 Å². The molecular formula is C26H35F3O6. The summed E-state index contributed by atoms with van der Waals surface area (Å²) in [6, 6.07) is 4.40. The zero-order valence-electron chi connectivity index (χ0n) is 20.0. The van der Waals surface area contributed by atoms with Crippen LogP contribution in [-0.2, 0) is 15.7 Å². The number of benzene rings is 1. The number of aliphatic hydroxyl groups excluding tert-OH is 3. The normalized spacial score (nSPS) is 23.9. The molecule has 5 atom stereocenters. The van der Waals surface area contributed by atoms with E-state index in [-0.39, 0.29) is 42.7 Å². The van der Waals surface area contributed by atoms with Gasteiger partial charge in [0.05, 0.1) is 23.9 Å². The summed E-state index contributed by atoms with van der Waals surface area (Å²) in [6.45, 7) is 3.34. The Labute approximate surface area is 204 Å². The third kappa shape index (κ3) is 10.0. The summed E-state index contributed by atoms with van der Waals surface area (Å²) in [5, 5.41) is 30.8. The minimum Gasteiger partial charge on any atom is -0.491 e. The molecule has 0 aromatic heterocycles. The Kier molecular flexibility index (Phi) is 11.3. The molecule has 1 aromatic carbocycles. The fourth-order valence-electron chi connectivity index (χ4n) is 4.02. The number of rotatable bonds is 12. The molecule has 1 aliphatic carbocycles. The topological polar surface area (TPSA) is 96.2 Å². The number of carbonyl (C=O) groups excluding carboxylic acids is 1. The van der Waals surface area contributed by atoms with Crippen molar-refractivity contribution in [2.75, 3.05) is 6.61 Å². The molecule has 1 aromatic rings. The van der Waals surface area contributed by atoms with Crippen molar-refractivity contribution in [1.82, 2.24) is 0 Å². The zero-order chi connectivity index (χ0) is 26.0. The van der Waals surface area contributed by atoms with Crippen molar-refractivity contribution in [1.29, 1.82) is 0 Å². The number of hydrogen-bond donors (Lipinski definition) is 3. The smallest absolute Gasteiger partial charge is 0.416 e. The highest BCUT2D eigenvalue weighted by molar-refractivity contribution is 5.69. The molecule has 6 nitrogen and oxygen atoms in total. The van der Waals surface area contributed by atoms with E-state index in [0.717, 1.165) is 12.1 Å². The molecule has 1 saturated carbocycles. The zero-order valence-corrected chi connectivity index (χ0v) is 20.0. The Hall–Kier alpha value is -2.36. The number of carbonyl (C=O) groups is 1. The van der Waals surface area contributed by atoms with Crippen LogP contribution in [-0.4, -0.2) is 52.3 Å². The van der Waals surface area contributed by atoms with Crippen molar-refractivity contribution in [3.63, 3.8) is 0 Å². The fourth-order valence-corrected chi connectivity index (χ4v) is 4.02. The van der Waals surface area contributed by atoms with Gasteiger partial charge in [-0.2, -0.15) is 13.2 Å². The first-order valence-corrected chi connectivity index (χ1v) is 11.8. The Morgan fingerprint density at radius 1 is 1.20 bits per heavy atom. The van der Waals surface area contributed by atoms with E-state index in [9.17, 15) is 33.3 Å². The van der Waals surface area contributed by atoms with Crippen LogP contribution in [0.2, 0.25) is 0 Å². The Balaban J connectivity index is 1.82. The number of allylic oxidation sites excluding steroid dienone is 2. The van der Waals surface area contributed by atoms with Crippen LogP contribution in [0.3, 0.4) is 0 Å². The van der Waals surface area contributed by atoms with Gasteiger partial charge >= 0.3 is 12.1 Å². The Morgan fingerprint density at radius 2 is 1.94 bits per heavy atom. The molecule has 1 fully saturated rings. The highest BCUT2D eigenvalue weighted by atomic mass is 19.4. The van der Waals surface area contributed by atoms with Crippen LogP contribution in [0.5, 0.6) is 5.75 Å². The van der Waals surface area contributed by atoms with E-state index >= 15 is 0 Å². The molecule has 0 unspecified atom stereocenters. The molecule has 0 amide bonds. The van der Waals surface area contributed by atoms with E-state index in [1.807, 2.05) is 12.2 Å². The molecule has 0 heterocycles. The summed E-state index contributed by atoms with van der Waals surface area (Å²) in [7, 11) is 0. The lowest BCUT2D eigenvalue weighted by Crippen LogP contribution is -2.21. The average Bonchev–Trinajstić information content (AvgIpc) is 3.04. The van der Waals surface area contributed by atoms with Gasteiger partial charge in [0.25, 0.3) is 0 Å². The lowest BCUT2D eigenvalue weighted by Gasteiger charge is -2.19. The van der Waals surface area contributed by atoms with E-state index in [1.165, 1.54) is 18.2 Å². The second kappa shape index (κ2) is 13.7. The van der Waals surface area contributed by atoms with Crippen molar-refractivity contribution in [2.45, 2.75) is 76.5 Å². The monoisotopic (exact) mass is 500 g/mol. The van der Waals surface area contributed by atoms with Gasteiger partial charge in [-0.15, -0.1) is 0 Å². The maximum Gasteiger partial charge on any atom is 0.416 e. The fraction of sp³-hybridized carbons (Fsp3) is 0.577. The van der Waals surface area contributed by atoms with E-state index in [1.54, 1.807) is 19.9 Å². The second-order valence-corrected chi connectivity index (χ2v) is 9.04. The number of unbranched alkanes of at least 4 members (excludes halogenated alkanes) is 1. The third-order valence-electron chi connectivity index (χ3n) is 5.75. The molecule has 0 saturated heterocycles. The first-order valence-electron chi connectivity index (χ1n) is 11.8. The second-order valence-electron chi connectivity index (χ2n) is 9.04. The largest absolute Gasteiger partial charge is 0.491 e. The van der Waals surface area contributed by atoms with Gasteiger partial charge in [-0.25, -0.2) is 0 Å². The van der Waals surface area contributed by atoms with Gasteiger partial charge in [-0.1, -0.05) is 30.4 Å². The highest BCUT2D eigenvalue weighted by Crippen LogP contribution is 2.36. The van der Waals surface area contributed by atoms with Crippen LogP contribution in [0.4, 0.5) is 13.2 Å². The third-order valence-corrected chi connectivity index (χ3v) is 5.75. The lowest BCUT2D eigenvalue weighted by molar-refractivity contribution is -0.147. The first kappa shape index (κ1) is 28.9. The van der Waals surface area contributed by atoms with Gasteiger partial charge < -0.3 is 24.8 Å². The molecule has 0 bridgehead atoms. The van der Waals surface area contributed by atoms with Crippen LogP contribution in [0.25, 0.3) is 0 Å². The quantitative estimate of drug-likeness (QED) is 0.223. The van der Waals surface area contributed by atoms with Gasteiger partial charge in [0.1, 0.15) is 18.5 Å². The minimum atomic E-state index is -4.49. The highest BCUT2D eigenvalue weighted by Gasteiger charge is 2.39. The standard InChI is InChI=1S/C26H35F3O6/c1-17(2)35-25(33)11-6-4-3-5-10-21-22(24(32)15-23(21)31)13-12-19(30)16-34-20-9-7-8-18(14-20)26(27,28)29/h3,5,7-9,12-14,17,19,21-24,30-32H,4,6,10-11,15-16H2,1-2H3/b5-3+,13-12?/t19-,21-,22-,23+,24-/m1/s1. The minimum absolute atomic E-state index is 0.0101. The summed E-state index contributed by atoms with van der Waals surface area (Å²) in [4.78, 5) is 11.5. The lowest BCUT2D eigenvalue weighted by atomic mass is 9.89. The van der Waals surface area contributed by atoms with Gasteiger partial charge in [0, 0.05) is 18.8 Å². The summed E-state index contributed by atoms with van der Waals surface area (Å²) >= 11 is 0. The van der Waals surface area contributed by atoms with Gasteiger partial charge in [-0.05, 0) is 57.2 Å². The van der Waals surface area contributed by atoms with Crippen LogP contribution in [0.1, 0.15) is 51.5 Å². The van der Waals surface area contributed by atoms with Crippen molar-refractivity contribution in [3.8, 4) is 5.75 Å². The van der Waals surface area contributed by atoms with Crippen molar-refractivity contribution >= 4 is 5.97 Å². The number of alkyl halides is 3. The van der Waals surface area contributed by atoms with Crippen molar-refractivity contribution in [2.24, 2.45) is 11.8 Å².